The van der Waals surface area contributed by atoms with Gasteiger partial charge in [0.15, 0.2) is 0 Å². The molecule has 2 aromatic rings. The average Bonchev–Trinajstić information content (AvgIpc) is 2.63. The first-order valence-corrected chi connectivity index (χ1v) is 7.84. The molecular weight excluding hydrogens is 290 g/mol. The number of carbonyl (C=O) groups excluding carboxylic acids is 1. The van der Waals surface area contributed by atoms with E-state index in [0.29, 0.717) is 12.1 Å². The molecule has 0 fully saturated rings. The number of nitrogens with one attached hydrogen (secondary N) is 1. The monoisotopic (exact) mass is 313 g/mol. The third-order valence-corrected chi connectivity index (χ3v) is 4.47. The van der Waals surface area contributed by atoms with Gasteiger partial charge in [-0.1, -0.05) is 26.0 Å². The maximum Gasteiger partial charge on any atom is 0.253 e. The molecule has 0 aliphatic carbocycles. The Morgan fingerprint density at radius 2 is 2.00 bits per heavy atom. The van der Waals surface area contributed by atoms with Crippen LogP contribution < -0.4 is 10.1 Å². The van der Waals surface area contributed by atoms with Crippen molar-refractivity contribution in [2.24, 2.45) is 0 Å². The van der Waals surface area contributed by atoms with Crippen LogP contribution in [0.4, 0.5) is 0 Å². The molecule has 0 atom stereocenters. The smallest absolute Gasteiger partial charge is 0.253 e. The Morgan fingerprint density at radius 1 is 1.22 bits per heavy atom. The van der Waals surface area contributed by atoms with Crippen LogP contribution in [0.25, 0.3) is 0 Å². The number of nitrogens with zero attached hydrogens (tertiary/aromatic N) is 2. The number of benzene rings is 1. The van der Waals surface area contributed by atoms with Crippen LogP contribution in [0, 0.1) is 0 Å². The van der Waals surface area contributed by atoms with Crippen molar-refractivity contribution in [3.63, 3.8) is 0 Å². The van der Waals surface area contributed by atoms with Crippen molar-refractivity contribution >= 4 is 5.91 Å². The lowest BCUT2D eigenvalue weighted by atomic mass is 9.75. The van der Waals surface area contributed by atoms with Crippen molar-refractivity contribution < 1.29 is 9.53 Å². The molecule has 1 aromatic carbocycles. The van der Waals surface area contributed by atoms with Gasteiger partial charge in [0.05, 0.1) is 25.1 Å². The SMILES string of the molecule is CCC(CC)(CNC(=O)c1ccnnc1)c1cccc(OC)c1. The van der Waals surface area contributed by atoms with Crippen molar-refractivity contribution in [1.29, 1.82) is 0 Å². The van der Waals surface area contributed by atoms with Crippen molar-refractivity contribution in [3.8, 4) is 5.75 Å². The molecule has 1 heterocycles. The fourth-order valence-electron chi connectivity index (χ4n) is 2.74. The summed E-state index contributed by atoms with van der Waals surface area (Å²) in [6, 6.07) is 9.72. The zero-order valence-corrected chi connectivity index (χ0v) is 13.9. The summed E-state index contributed by atoms with van der Waals surface area (Å²) < 4.78 is 5.33. The second kappa shape index (κ2) is 7.72. The van der Waals surface area contributed by atoms with Crippen LogP contribution >= 0.6 is 0 Å². The number of hydrogen-bond acceptors (Lipinski definition) is 4. The number of rotatable bonds is 7. The molecule has 5 heteroatoms. The van der Waals surface area contributed by atoms with E-state index in [-0.39, 0.29) is 11.3 Å². The Labute approximate surface area is 137 Å². The highest BCUT2D eigenvalue weighted by Crippen LogP contribution is 2.33. The third kappa shape index (κ3) is 3.86. The van der Waals surface area contributed by atoms with Gasteiger partial charge in [-0.2, -0.15) is 10.2 Å². The minimum absolute atomic E-state index is 0.120. The molecule has 1 aromatic heterocycles. The molecule has 0 aliphatic heterocycles. The quantitative estimate of drug-likeness (QED) is 0.853. The Kier molecular flexibility index (Phi) is 5.68. The summed E-state index contributed by atoms with van der Waals surface area (Å²) in [5, 5.41) is 10.5. The molecule has 0 saturated heterocycles. The molecule has 0 unspecified atom stereocenters. The number of aromatic nitrogens is 2. The summed E-state index contributed by atoms with van der Waals surface area (Å²) >= 11 is 0. The van der Waals surface area contributed by atoms with Crippen LogP contribution in [-0.4, -0.2) is 29.8 Å². The van der Waals surface area contributed by atoms with Gasteiger partial charge in [0.25, 0.3) is 5.91 Å². The summed E-state index contributed by atoms with van der Waals surface area (Å²) in [6.45, 7) is 4.85. The van der Waals surface area contributed by atoms with E-state index < -0.39 is 0 Å². The maximum absolute atomic E-state index is 12.3. The standard InChI is InChI=1S/C18H23N3O2/c1-4-18(5-2,15-7-6-8-16(11-15)23-3)13-19-17(22)14-9-10-20-21-12-14/h6-12H,4-5,13H2,1-3H3,(H,19,22). The summed E-state index contributed by atoms with van der Waals surface area (Å²) in [5.74, 6) is 0.701. The Bertz CT molecular complexity index is 640. The summed E-state index contributed by atoms with van der Waals surface area (Å²) in [6.07, 6.45) is 4.83. The van der Waals surface area contributed by atoms with Crippen molar-refractivity contribution in [1.82, 2.24) is 15.5 Å². The summed E-state index contributed by atoms with van der Waals surface area (Å²) in [7, 11) is 1.66. The third-order valence-electron chi connectivity index (χ3n) is 4.47. The van der Waals surface area contributed by atoms with Crippen LogP contribution in [-0.2, 0) is 5.41 Å². The van der Waals surface area contributed by atoms with E-state index >= 15 is 0 Å². The molecule has 2 rings (SSSR count). The van der Waals surface area contributed by atoms with Crippen molar-refractivity contribution in [2.75, 3.05) is 13.7 Å². The lowest BCUT2D eigenvalue weighted by Crippen LogP contribution is -2.40. The number of amides is 1. The van der Waals surface area contributed by atoms with Crippen LogP contribution in [0.2, 0.25) is 0 Å². The van der Waals surface area contributed by atoms with Crippen LogP contribution in [0.5, 0.6) is 5.75 Å². The van der Waals surface area contributed by atoms with Crippen molar-refractivity contribution in [2.45, 2.75) is 32.1 Å². The zero-order valence-electron chi connectivity index (χ0n) is 13.9. The highest BCUT2D eigenvalue weighted by Gasteiger charge is 2.29. The Hall–Kier alpha value is -2.43. The molecule has 23 heavy (non-hydrogen) atoms. The molecule has 0 spiro atoms. The number of methoxy groups -OCH3 is 1. The first kappa shape index (κ1) is 16.9. The van der Waals surface area contributed by atoms with Gasteiger partial charge in [-0.05, 0) is 36.6 Å². The van der Waals surface area contributed by atoms with Crippen LogP contribution in [0.3, 0.4) is 0 Å². The van der Waals surface area contributed by atoms with Gasteiger partial charge in [-0.3, -0.25) is 4.79 Å². The molecule has 0 saturated carbocycles. The summed E-state index contributed by atoms with van der Waals surface area (Å²) in [5.41, 5.74) is 1.58. The molecule has 0 bridgehead atoms. The highest BCUT2D eigenvalue weighted by molar-refractivity contribution is 5.93. The van der Waals surface area contributed by atoms with Gasteiger partial charge < -0.3 is 10.1 Å². The predicted octanol–water partition coefficient (Wildman–Crippen LogP) is 2.97. The topological polar surface area (TPSA) is 64.1 Å². The van der Waals surface area contributed by atoms with E-state index in [1.165, 1.54) is 18.0 Å². The molecule has 1 amide bonds. The lowest BCUT2D eigenvalue weighted by Gasteiger charge is -2.33. The van der Waals surface area contributed by atoms with Gasteiger partial charge in [-0.15, -0.1) is 0 Å². The largest absolute Gasteiger partial charge is 0.497 e. The van der Waals surface area contributed by atoms with Gasteiger partial charge in [0.2, 0.25) is 0 Å². The Morgan fingerprint density at radius 3 is 2.61 bits per heavy atom. The van der Waals surface area contributed by atoms with E-state index in [2.05, 4.69) is 35.4 Å². The van der Waals surface area contributed by atoms with Crippen molar-refractivity contribution in [3.05, 3.63) is 53.9 Å². The fraction of sp³-hybridized carbons (Fsp3) is 0.389. The second-order valence-electron chi connectivity index (χ2n) is 5.53. The number of carbonyl (C=O) groups is 1. The van der Waals surface area contributed by atoms with Gasteiger partial charge in [0.1, 0.15) is 5.75 Å². The van der Waals surface area contributed by atoms with E-state index in [9.17, 15) is 4.79 Å². The van der Waals surface area contributed by atoms with Gasteiger partial charge in [-0.25, -0.2) is 0 Å². The van der Waals surface area contributed by atoms with Gasteiger partial charge in [0, 0.05) is 12.0 Å². The van der Waals surface area contributed by atoms with Crippen LogP contribution in [0.15, 0.2) is 42.7 Å². The normalized spacial score (nSPS) is 11.1. The van der Waals surface area contributed by atoms with E-state index in [4.69, 9.17) is 4.74 Å². The molecule has 0 radical (unpaired) electrons. The molecule has 0 aliphatic rings. The molecule has 5 nitrogen and oxygen atoms in total. The van der Waals surface area contributed by atoms with E-state index in [1.807, 2.05) is 18.2 Å². The lowest BCUT2D eigenvalue weighted by molar-refractivity contribution is 0.0941. The predicted molar refractivity (Wildman–Crippen MR) is 89.6 cm³/mol. The van der Waals surface area contributed by atoms with Gasteiger partial charge >= 0.3 is 0 Å². The number of ether oxygens (including phenoxy) is 1. The fourth-order valence-corrected chi connectivity index (χ4v) is 2.74. The van der Waals surface area contributed by atoms with Crippen LogP contribution in [0.1, 0.15) is 42.6 Å². The second-order valence-corrected chi connectivity index (χ2v) is 5.53. The molecule has 122 valence electrons. The molecule has 1 N–H and O–H groups in total. The Balaban J connectivity index is 2.18. The highest BCUT2D eigenvalue weighted by atomic mass is 16.5. The van der Waals surface area contributed by atoms with E-state index in [0.717, 1.165) is 18.6 Å². The maximum atomic E-state index is 12.3. The minimum atomic E-state index is -0.130. The summed E-state index contributed by atoms with van der Waals surface area (Å²) in [4.78, 5) is 12.3. The first-order chi connectivity index (χ1) is 11.1. The first-order valence-electron chi connectivity index (χ1n) is 7.84. The number of hydrogen-bond donors (Lipinski definition) is 1. The van der Waals surface area contributed by atoms with E-state index in [1.54, 1.807) is 13.2 Å². The average molecular weight is 313 g/mol. The zero-order chi connectivity index (χ0) is 16.7. The molecular formula is C18H23N3O2. The minimum Gasteiger partial charge on any atom is -0.497 e.